The molecule has 0 aromatic carbocycles. The van der Waals surface area contributed by atoms with Crippen molar-refractivity contribution in [3.8, 4) is 0 Å². The van der Waals surface area contributed by atoms with Crippen molar-refractivity contribution in [1.29, 1.82) is 0 Å². The normalized spacial score (nSPS) is 31.2. The summed E-state index contributed by atoms with van der Waals surface area (Å²) < 4.78 is 4.67. The second-order valence-corrected chi connectivity index (χ2v) is 2.17. The predicted molar refractivity (Wildman–Crippen MR) is 28.3 cm³/mol. The summed E-state index contributed by atoms with van der Waals surface area (Å²) in [6.07, 6.45) is 0.245. The fourth-order valence-electron chi connectivity index (χ4n) is 0.834. The van der Waals surface area contributed by atoms with Crippen LogP contribution >= 0.6 is 0 Å². The molecule has 0 spiro atoms. The molecule has 1 heterocycles. The molecule has 4 nitrogen and oxygen atoms in total. The Balaban J connectivity index is 0.000000810. The quantitative estimate of drug-likeness (QED) is 0.384. The molecule has 1 aliphatic heterocycles. The van der Waals surface area contributed by atoms with Gasteiger partial charge in [-0.3, -0.25) is 0 Å². The van der Waals surface area contributed by atoms with E-state index < -0.39 is 0 Å². The molecule has 0 unspecified atom stereocenters. The van der Waals surface area contributed by atoms with Crippen molar-refractivity contribution in [3.05, 3.63) is 0 Å². The molecule has 0 radical (unpaired) electrons. The Morgan fingerprint density at radius 3 is 2.60 bits per heavy atom. The van der Waals surface area contributed by atoms with Gasteiger partial charge in [0.1, 0.15) is 6.10 Å². The third-order valence-corrected chi connectivity index (χ3v) is 1.37. The first kappa shape index (κ1) is 9.68. The van der Waals surface area contributed by atoms with Crippen molar-refractivity contribution in [2.24, 2.45) is 0 Å². The van der Waals surface area contributed by atoms with E-state index in [-0.39, 0.29) is 37.1 Å². The highest BCUT2D eigenvalue weighted by Gasteiger charge is 2.33. The third kappa shape index (κ3) is 1.83. The van der Waals surface area contributed by atoms with Crippen molar-refractivity contribution >= 4 is 5.97 Å². The Morgan fingerprint density at radius 1 is 1.80 bits per heavy atom. The number of aliphatic hydroxyl groups is 1. The van der Waals surface area contributed by atoms with Crippen molar-refractivity contribution in [2.45, 2.75) is 18.6 Å². The molecule has 1 fully saturated rings. The van der Waals surface area contributed by atoms with E-state index in [4.69, 9.17) is 5.11 Å². The van der Waals surface area contributed by atoms with Gasteiger partial charge in [-0.1, -0.05) is 0 Å². The lowest BCUT2D eigenvalue weighted by atomic mass is 10.2. The summed E-state index contributed by atoms with van der Waals surface area (Å²) in [6, 6.07) is -0.276. The summed E-state index contributed by atoms with van der Waals surface area (Å²) in [7, 11) is 0. The Labute approximate surface area is 64.8 Å². The standard InChI is InChI=1S/C5H9NO3.ClH/c6-4-1-3(2-7)9-5(4)8;/h3-4,7H,1-2,6H2;1H/t3-,4-;/m0./s1. The van der Waals surface area contributed by atoms with E-state index in [1.165, 1.54) is 0 Å². The van der Waals surface area contributed by atoms with Crippen LogP contribution in [0.2, 0.25) is 0 Å². The summed E-state index contributed by atoms with van der Waals surface area (Å²) >= 11 is 0. The number of rotatable bonds is 1. The Hall–Kier alpha value is -0.320. The van der Waals surface area contributed by atoms with E-state index in [1.54, 1.807) is 0 Å². The third-order valence-electron chi connectivity index (χ3n) is 1.37. The first-order chi connectivity index (χ1) is 4.24. The molecule has 0 aromatic rings. The van der Waals surface area contributed by atoms with Gasteiger partial charge < -0.3 is 28.0 Å². The van der Waals surface area contributed by atoms with Crippen molar-refractivity contribution in [1.82, 2.24) is 0 Å². The van der Waals surface area contributed by atoms with E-state index in [2.05, 4.69) is 10.5 Å². The summed E-state index contributed by atoms with van der Waals surface area (Å²) in [4.78, 5) is 10.5. The zero-order valence-electron chi connectivity index (χ0n) is 5.42. The van der Waals surface area contributed by atoms with Gasteiger partial charge in [-0.15, -0.1) is 0 Å². The second-order valence-electron chi connectivity index (χ2n) is 2.17. The molecule has 0 aliphatic carbocycles. The first-order valence-electron chi connectivity index (χ1n) is 2.88. The molecule has 4 N–H and O–H groups in total. The molecule has 0 saturated carbocycles. The number of ether oxygens (including phenoxy) is 1. The van der Waals surface area contributed by atoms with E-state index >= 15 is 0 Å². The highest BCUT2D eigenvalue weighted by molar-refractivity contribution is 5.76. The van der Waals surface area contributed by atoms with Gasteiger partial charge >= 0.3 is 5.97 Å². The minimum Gasteiger partial charge on any atom is -1.00 e. The monoisotopic (exact) mass is 167 g/mol. The maximum Gasteiger partial charge on any atom is 0.365 e. The molecule has 5 heteroatoms. The van der Waals surface area contributed by atoms with Crippen LogP contribution in [-0.4, -0.2) is 29.8 Å². The maximum absolute atomic E-state index is 10.5. The van der Waals surface area contributed by atoms with Crippen LogP contribution < -0.4 is 18.1 Å². The van der Waals surface area contributed by atoms with Crippen molar-refractivity contribution < 1.29 is 32.8 Å². The topological polar surface area (TPSA) is 74.2 Å². The Morgan fingerprint density at radius 2 is 2.40 bits per heavy atom. The van der Waals surface area contributed by atoms with Gasteiger partial charge in [0, 0.05) is 0 Å². The first-order valence-corrected chi connectivity index (χ1v) is 2.88. The largest absolute Gasteiger partial charge is 1.00 e. The minimum atomic E-state index is -0.306. The number of cyclic esters (lactones) is 1. The molecule has 0 amide bonds. The second kappa shape index (κ2) is 3.75. The lowest BCUT2D eigenvalue weighted by molar-refractivity contribution is -0.402. The van der Waals surface area contributed by atoms with Crippen LogP contribution in [0.4, 0.5) is 0 Å². The zero-order chi connectivity index (χ0) is 6.85. The van der Waals surface area contributed by atoms with Crippen LogP contribution in [0.25, 0.3) is 0 Å². The van der Waals surface area contributed by atoms with Crippen LogP contribution in [0.3, 0.4) is 0 Å². The molecule has 0 bridgehead atoms. The molecular formula is C5H10ClNO3. The summed E-state index contributed by atoms with van der Waals surface area (Å²) in [5.41, 5.74) is 3.53. The van der Waals surface area contributed by atoms with Crippen LogP contribution in [0.1, 0.15) is 6.42 Å². The Kier molecular flexibility index (Phi) is 3.63. The number of hydrogen-bond donors (Lipinski definition) is 2. The average Bonchev–Trinajstić information content (AvgIpc) is 2.13. The zero-order valence-corrected chi connectivity index (χ0v) is 6.17. The lowest BCUT2D eigenvalue weighted by Crippen LogP contribution is -3.00. The maximum atomic E-state index is 10.5. The van der Waals surface area contributed by atoms with Gasteiger partial charge in [0.15, 0.2) is 6.04 Å². The van der Waals surface area contributed by atoms with Gasteiger partial charge in [-0.05, 0) is 0 Å². The molecule has 10 heavy (non-hydrogen) atoms. The van der Waals surface area contributed by atoms with Crippen LogP contribution in [0.15, 0.2) is 0 Å². The Bertz CT molecular complexity index is 130. The summed E-state index contributed by atoms with van der Waals surface area (Å²) in [6.45, 7) is -0.0856. The highest BCUT2D eigenvalue weighted by atomic mass is 35.5. The molecule has 1 saturated heterocycles. The molecule has 1 rings (SSSR count). The molecule has 60 valence electrons. The fraction of sp³-hybridized carbons (Fsp3) is 0.800. The van der Waals surface area contributed by atoms with E-state index in [1.807, 2.05) is 0 Å². The summed E-state index contributed by atoms with van der Waals surface area (Å²) in [5, 5.41) is 8.50. The number of hydrogen-bond acceptors (Lipinski definition) is 3. The minimum absolute atomic E-state index is 0. The van der Waals surface area contributed by atoms with Crippen LogP contribution in [0.5, 0.6) is 0 Å². The number of aliphatic hydroxyl groups excluding tert-OH is 1. The number of quaternary nitrogens is 1. The van der Waals surface area contributed by atoms with Gasteiger partial charge in [-0.25, -0.2) is 4.79 Å². The molecule has 2 atom stereocenters. The predicted octanol–water partition coefficient (Wildman–Crippen LogP) is -5.09. The molecule has 0 aromatic heterocycles. The van der Waals surface area contributed by atoms with Crippen LogP contribution in [-0.2, 0) is 9.53 Å². The van der Waals surface area contributed by atoms with Gasteiger partial charge in [0.2, 0.25) is 0 Å². The molecular weight excluding hydrogens is 158 g/mol. The fourth-order valence-corrected chi connectivity index (χ4v) is 0.834. The van der Waals surface area contributed by atoms with E-state index in [0.29, 0.717) is 6.42 Å². The van der Waals surface area contributed by atoms with Crippen molar-refractivity contribution in [2.75, 3.05) is 6.61 Å². The van der Waals surface area contributed by atoms with E-state index in [0.717, 1.165) is 0 Å². The smallest absolute Gasteiger partial charge is 0.365 e. The van der Waals surface area contributed by atoms with E-state index in [9.17, 15) is 4.79 Å². The van der Waals surface area contributed by atoms with Gasteiger partial charge in [-0.2, -0.15) is 0 Å². The number of halogens is 1. The molecule has 1 aliphatic rings. The average molecular weight is 168 g/mol. The highest BCUT2D eigenvalue weighted by Crippen LogP contribution is 2.10. The van der Waals surface area contributed by atoms with Gasteiger partial charge in [0.05, 0.1) is 13.0 Å². The number of esters is 1. The van der Waals surface area contributed by atoms with Crippen LogP contribution in [0, 0.1) is 0 Å². The SMILES string of the molecule is [Cl-].[NH3+][C@H]1C[C@@H](CO)OC1=O. The number of carbonyl (C=O) groups excluding carboxylic acids is 1. The van der Waals surface area contributed by atoms with Gasteiger partial charge in [0.25, 0.3) is 0 Å². The lowest BCUT2D eigenvalue weighted by Gasteiger charge is -1.99. The summed E-state index contributed by atoms with van der Waals surface area (Å²) in [5.74, 6) is -0.297. The van der Waals surface area contributed by atoms with Crippen molar-refractivity contribution in [3.63, 3.8) is 0 Å². The number of carbonyl (C=O) groups is 1.